The topological polar surface area (TPSA) is 56.1 Å². The van der Waals surface area contributed by atoms with E-state index in [4.69, 9.17) is 0 Å². The van der Waals surface area contributed by atoms with Gasteiger partial charge in [-0.25, -0.2) is 0 Å². The van der Waals surface area contributed by atoms with Gasteiger partial charge in [-0.05, 0) is 0 Å². The van der Waals surface area contributed by atoms with Crippen LogP contribution in [-0.2, 0) is 10.0 Å². The van der Waals surface area contributed by atoms with Crippen molar-refractivity contribution in [3.63, 3.8) is 0 Å². The molecule has 0 spiro atoms. The molecular weight excluding hydrogens is 329 g/mol. The predicted molar refractivity (Wildman–Crippen MR) is 74.2 cm³/mol. The van der Waals surface area contributed by atoms with Gasteiger partial charge in [0.1, 0.15) is 0 Å². The maximum absolute atomic E-state index is 12.4. The summed E-state index contributed by atoms with van der Waals surface area (Å²) in [5.41, 5.74) is -0.431. The Kier molecular flexibility index (Phi) is 2.93. The molecule has 0 aliphatic heterocycles. The van der Waals surface area contributed by atoms with E-state index in [2.05, 4.69) is 0 Å². The number of benzene rings is 2. The molecular formula is C13H9NO3SSe. The Hall–Kier alpha value is -1.62. The molecule has 3 aromatic rings. The van der Waals surface area contributed by atoms with Crippen LogP contribution < -0.4 is 5.56 Å². The van der Waals surface area contributed by atoms with Crippen molar-refractivity contribution in [2.45, 2.75) is 4.90 Å². The minimum absolute atomic E-state index is 0.151. The summed E-state index contributed by atoms with van der Waals surface area (Å²) in [5, 5.41) is 0.488. The quantitative estimate of drug-likeness (QED) is 0.662. The fourth-order valence-electron chi connectivity index (χ4n) is 1.80. The molecule has 19 heavy (non-hydrogen) atoms. The molecule has 3 rings (SSSR count). The minimum atomic E-state index is -3.74. The normalized spacial score (nSPS) is 11.8. The molecule has 0 bridgehead atoms. The van der Waals surface area contributed by atoms with E-state index >= 15 is 0 Å². The zero-order valence-corrected chi connectivity index (χ0v) is 12.2. The zero-order chi connectivity index (χ0) is 13.5. The molecule has 0 aliphatic rings. The van der Waals surface area contributed by atoms with Crippen molar-refractivity contribution in [1.82, 2.24) is 2.97 Å². The summed E-state index contributed by atoms with van der Waals surface area (Å²) in [6, 6.07) is 15.1. The van der Waals surface area contributed by atoms with Gasteiger partial charge in [0.05, 0.1) is 0 Å². The van der Waals surface area contributed by atoms with Crippen LogP contribution in [0.1, 0.15) is 0 Å². The maximum atomic E-state index is 12.4. The second-order valence-corrected chi connectivity index (χ2v) is 8.32. The van der Waals surface area contributed by atoms with E-state index in [9.17, 15) is 13.2 Å². The summed E-state index contributed by atoms with van der Waals surface area (Å²) in [5.74, 6) is 0. The molecule has 6 heteroatoms. The van der Waals surface area contributed by atoms with E-state index in [1.165, 1.54) is 12.1 Å². The summed E-state index contributed by atoms with van der Waals surface area (Å²) in [7, 11) is -3.74. The second-order valence-electron chi connectivity index (χ2n) is 3.94. The van der Waals surface area contributed by atoms with Gasteiger partial charge >= 0.3 is 116 Å². The SMILES string of the molecule is O=c1c2ccccc2[se]n1S(=O)(=O)c1ccccc1. The van der Waals surface area contributed by atoms with Crippen molar-refractivity contribution in [1.29, 1.82) is 0 Å². The van der Waals surface area contributed by atoms with Crippen LogP contribution in [0.25, 0.3) is 9.65 Å². The third-order valence-electron chi connectivity index (χ3n) is 2.72. The van der Waals surface area contributed by atoms with Crippen molar-refractivity contribution in [3.05, 3.63) is 65.0 Å². The van der Waals surface area contributed by atoms with E-state index in [1.54, 1.807) is 36.4 Å². The molecule has 0 N–H and O–H groups in total. The number of nitrogens with zero attached hydrogens (tertiary/aromatic N) is 1. The van der Waals surface area contributed by atoms with Crippen LogP contribution in [0.5, 0.6) is 0 Å². The van der Waals surface area contributed by atoms with Crippen molar-refractivity contribution < 1.29 is 8.42 Å². The molecule has 0 saturated carbocycles. The first kappa shape index (κ1) is 12.4. The van der Waals surface area contributed by atoms with Gasteiger partial charge in [0.15, 0.2) is 0 Å². The average molecular weight is 338 g/mol. The predicted octanol–water partition coefficient (Wildman–Crippen LogP) is 1.30. The van der Waals surface area contributed by atoms with Gasteiger partial charge in [0.2, 0.25) is 0 Å². The summed E-state index contributed by atoms with van der Waals surface area (Å²) in [4.78, 5) is 12.3. The Bertz CT molecular complexity index is 894. The summed E-state index contributed by atoms with van der Waals surface area (Å²) < 4.78 is 26.7. The summed E-state index contributed by atoms with van der Waals surface area (Å²) in [6.07, 6.45) is 0. The molecule has 0 saturated heterocycles. The fraction of sp³-hybridized carbons (Fsp3) is 0. The van der Waals surface area contributed by atoms with Crippen molar-refractivity contribution in [2.75, 3.05) is 0 Å². The Labute approximate surface area is 115 Å². The summed E-state index contributed by atoms with van der Waals surface area (Å²) >= 11 is -0.525. The number of hydrogen-bond donors (Lipinski definition) is 0. The average Bonchev–Trinajstić information content (AvgIpc) is 2.78. The molecule has 1 aromatic heterocycles. The standard InChI is InChI=1S/C13H9NO3SSe/c15-13-11-8-4-5-9-12(11)19-14(13)18(16,17)10-6-2-1-3-7-10/h1-9H. The Morgan fingerprint density at radius 3 is 2.21 bits per heavy atom. The van der Waals surface area contributed by atoms with Gasteiger partial charge in [-0.3, -0.25) is 0 Å². The zero-order valence-electron chi connectivity index (χ0n) is 9.68. The molecule has 2 aromatic carbocycles. The van der Waals surface area contributed by atoms with Gasteiger partial charge in [-0.1, -0.05) is 0 Å². The van der Waals surface area contributed by atoms with Crippen LogP contribution in [0.4, 0.5) is 0 Å². The van der Waals surface area contributed by atoms with Crippen molar-refractivity contribution >= 4 is 34.4 Å². The molecule has 0 fully saturated rings. The molecule has 96 valence electrons. The van der Waals surface area contributed by atoms with Crippen LogP contribution in [0, 0.1) is 0 Å². The van der Waals surface area contributed by atoms with Gasteiger partial charge in [0, 0.05) is 0 Å². The third kappa shape index (κ3) is 1.98. The molecule has 4 nitrogen and oxygen atoms in total. The van der Waals surface area contributed by atoms with Crippen LogP contribution >= 0.6 is 0 Å². The molecule has 1 heterocycles. The van der Waals surface area contributed by atoms with E-state index in [0.717, 1.165) is 7.23 Å². The van der Waals surface area contributed by atoms with E-state index in [1.807, 2.05) is 6.07 Å². The molecule has 0 unspecified atom stereocenters. The van der Waals surface area contributed by atoms with Crippen molar-refractivity contribution in [2.24, 2.45) is 0 Å². The van der Waals surface area contributed by atoms with Crippen LogP contribution in [0.2, 0.25) is 0 Å². The van der Waals surface area contributed by atoms with Crippen molar-refractivity contribution in [3.8, 4) is 0 Å². The van der Waals surface area contributed by atoms with Crippen LogP contribution in [0.3, 0.4) is 0 Å². The second kappa shape index (κ2) is 4.49. The number of rotatable bonds is 2. The molecule has 0 atom stereocenters. The van der Waals surface area contributed by atoms with Crippen LogP contribution in [-0.4, -0.2) is 26.1 Å². The van der Waals surface area contributed by atoms with E-state index in [-0.39, 0.29) is 4.90 Å². The molecule has 0 radical (unpaired) electrons. The van der Waals surface area contributed by atoms with Gasteiger partial charge < -0.3 is 0 Å². The molecule has 0 amide bonds. The van der Waals surface area contributed by atoms with Gasteiger partial charge in [-0.15, -0.1) is 0 Å². The van der Waals surface area contributed by atoms with E-state index < -0.39 is 30.3 Å². The number of fused-ring (bicyclic) bond motifs is 1. The monoisotopic (exact) mass is 339 g/mol. The first-order valence-corrected chi connectivity index (χ1v) is 8.59. The number of hydrogen-bond acceptors (Lipinski definition) is 3. The molecule has 0 aliphatic carbocycles. The van der Waals surface area contributed by atoms with Gasteiger partial charge in [0.25, 0.3) is 0 Å². The fourth-order valence-corrected chi connectivity index (χ4v) is 6.06. The first-order valence-electron chi connectivity index (χ1n) is 5.52. The van der Waals surface area contributed by atoms with Crippen LogP contribution in [0.15, 0.2) is 64.3 Å². The van der Waals surface area contributed by atoms with Gasteiger partial charge in [-0.2, -0.15) is 0 Å². The first-order chi connectivity index (χ1) is 9.10. The Balaban J connectivity index is 2.31. The Morgan fingerprint density at radius 2 is 1.53 bits per heavy atom. The third-order valence-corrected chi connectivity index (χ3v) is 7.67. The van der Waals surface area contributed by atoms with E-state index in [0.29, 0.717) is 5.39 Å². The summed E-state index contributed by atoms with van der Waals surface area (Å²) in [6.45, 7) is 0. The number of aromatic nitrogens is 1. The Morgan fingerprint density at radius 1 is 0.895 bits per heavy atom.